The van der Waals surface area contributed by atoms with Crippen molar-refractivity contribution in [1.29, 1.82) is 0 Å². The van der Waals surface area contributed by atoms with Crippen LogP contribution >= 0.6 is 0 Å². The minimum absolute atomic E-state index is 0.187. The highest BCUT2D eigenvalue weighted by atomic mass is 16.2. The van der Waals surface area contributed by atoms with Crippen LogP contribution in [0.3, 0.4) is 0 Å². The van der Waals surface area contributed by atoms with Gasteiger partial charge < -0.3 is 10.6 Å². The Morgan fingerprint density at radius 1 is 1.47 bits per heavy atom. The van der Waals surface area contributed by atoms with E-state index in [4.69, 9.17) is 5.73 Å². The van der Waals surface area contributed by atoms with Crippen LogP contribution in [-0.2, 0) is 6.54 Å². The molecule has 0 fully saturated rings. The topological polar surface area (TPSA) is 77.0 Å². The minimum atomic E-state index is -0.187. The summed E-state index contributed by atoms with van der Waals surface area (Å²) < 4.78 is 1.55. The predicted octanol–water partition coefficient (Wildman–Crippen LogP) is 0.0510. The molecule has 6 nitrogen and oxygen atoms in total. The van der Waals surface area contributed by atoms with Gasteiger partial charge in [0.25, 0.3) is 5.91 Å². The lowest BCUT2D eigenvalue weighted by atomic mass is 10.3. The number of carbonyl (C=O) groups excluding carboxylic acids is 1. The van der Waals surface area contributed by atoms with Gasteiger partial charge in [-0.15, -0.1) is 18.3 Å². The molecule has 1 aromatic heterocycles. The molecule has 0 aliphatic heterocycles. The number of hydrogen-bond donors (Lipinski definition) is 1. The van der Waals surface area contributed by atoms with Crippen molar-refractivity contribution in [2.75, 3.05) is 19.6 Å². The first-order chi connectivity index (χ1) is 8.22. The highest BCUT2D eigenvalue weighted by Gasteiger charge is 2.16. The number of carbonyl (C=O) groups is 1. The van der Waals surface area contributed by atoms with Gasteiger partial charge >= 0.3 is 0 Å². The summed E-state index contributed by atoms with van der Waals surface area (Å²) in [6, 6.07) is 0. The molecule has 1 amide bonds. The molecule has 0 aromatic carbocycles. The fraction of sp³-hybridized carbons (Fsp3) is 0.364. The first-order valence-corrected chi connectivity index (χ1v) is 5.34. The monoisotopic (exact) mass is 235 g/mol. The number of hydrogen-bond acceptors (Lipinski definition) is 4. The summed E-state index contributed by atoms with van der Waals surface area (Å²) in [7, 11) is 0. The number of amides is 1. The number of rotatable bonds is 7. The highest BCUT2D eigenvalue weighted by molar-refractivity contribution is 5.92. The Bertz CT molecular complexity index is 388. The van der Waals surface area contributed by atoms with E-state index in [1.165, 1.54) is 0 Å². The second-order valence-corrected chi connectivity index (χ2v) is 3.44. The summed E-state index contributed by atoms with van der Waals surface area (Å²) in [5.74, 6) is -0.187. The first-order valence-electron chi connectivity index (χ1n) is 5.34. The van der Waals surface area contributed by atoms with E-state index < -0.39 is 0 Å². The van der Waals surface area contributed by atoms with Crippen LogP contribution in [0.2, 0.25) is 0 Å². The zero-order valence-corrected chi connectivity index (χ0v) is 9.75. The van der Waals surface area contributed by atoms with Crippen molar-refractivity contribution in [3.05, 3.63) is 37.2 Å². The van der Waals surface area contributed by atoms with Gasteiger partial charge in [0.1, 0.15) is 0 Å². The van der Waals surface area contributed by atoms with E-state index in [0.717, 1.165) is 0 Å². The Hall–Kier alpha value is -1.95. The zero-order chi connectivity index (χ0) is 12.7. The minimum Gasteiger partial charge on any atom is -0.330 e. The summed E-state index contributed by atoms with van der Waals surface area (Å²) in [4.78, 5) is 13.6. The molecule has 92 valence electrons. The standard InChI is InChI=1S/C11H17N5O/c1-3-6-15(7-4-2)11(17)10-9-16(8-5-12)14-13-10/h3-4,9H,1-2,5-8,12H2. The predicted molar refractivity (Wildman–Crippen MR) is 65.4 cm³/mol. The van der Waals surface area contributed by atoms with E-state index in [-0.39, 0.29) is 5.91 Å². The van der Waals surface area contributed by atoms with Gasteiger partial charge in [-0.2, -0.15) is 0 Å². The summed E-state index contributed by atoms with van der Waals surface area (Å²) in [6.07, 6.45) is 4.91. The van der Waals surface area contributed by atoms with E-state index in [2.05, 4.69) is 23.5 Å². The summed E-state index contributed by atoms with van der Waals surface area (Å²) >= 11 is 0. The molecule has 1 aromatic rings. The Morgan fingerprint density at radius 2 is 2.12 bits per heavy atom. The third kappa shape index (κ3) is 3.53. The van der Waals surface area contributed by atoms with E-state index in [1.54, 1.807) is 27.9 Å². The second-order valence-electron chi connectivity index (χ2n) is 3.44. The van der Waals surface area contributed by atoms with Crippen molar-refractivity contribution < 1.29 is 4.79 Å². The van der Waals surface area contributed by atoms with E-state index in [0.29, 0.717) is 31.9 Å². The maximum atomic E-state index is 12.0. The number of nitrogens with two attached hydrogens (primary N) is 1. The molecule has 0 aliphatic rings. The van der Waals surface area contributed by atoms with E-state index >= 15 is 0 Å². The van der Waals surface area contributed by atoms with Gasteiger partial charge in [0.05, 0.1) is 12.7 Å². The van der Waals surface area contributed by atoms with Crippen molar-refractivity contribution in [2.24, 2.45) is 5.73 Å². The normalized spacial score (nSPS) is 9.94. The van der Waals surface area contributed by atoms with Crippen molar-refractivity contribution in [1.82, 2.24) is 19.9 Å². The maximum absolute atomic E-state index is 12.0. The lowest BCUT2D eigenvalue weighted by molar-refractivity contribution is 0.0785. The third-order valence-electron chi connectivity index (χ3n) is 2.10. The van der Waals surface area contributed by atoms with Crippen molar-refractivity contribution >= 4 is 5.91 Å². The Kier molecular flexibility index (Phi) is 5.09. The van der Waals surface area contributed by atoms with Crippen LogP contribution in [0.15, 0.2) is 31.5 Å². The molecule has 0 saturated carbocycles. The number of nitrogens with zero attached hydrogens (tertiary/aromatic N) is 4. The van der Waals surface area contributed by atoms with Crippen molar-refractivity contribution in [2.45, 2.75) is 6.54 Å². The van der Waals surface area contributed by atoms with Gasteiger partial charge in [-0.25, -0.2) is 0 Å². The van der Waals surface area contributed by atoms with E-state index in [1.807, 2.05) is 0 Å². The number of aromatic nitrogens is 3. The molecule has 1 heterocycles. The van der Waals surface area contributed by atoms with Crippen LogP contribution in [0, 0.1) is 0 Å². The molecular weight excluding hydrogens is 218 g/mol. The molecule has 0 spiro atoms. The van der Waals surface area contributed by atoms with Crippen LogP contribution in [0.25, 0.3) is 0 Å². The molecule has 0 radical (unpaired) electrons. The molecule has 0 unspecified atom stereocenters. The van der Waals surface area contributed by atoms with Gasteiger partial charge in [-0.1, -0.05) is 17.4 Å². The average Bonchev–Trinajstić information content (AvgIpc) is 2.77. The third-order valence-corrected chi connectivity index (χ3v) is 2.10. The molecule has 0 saturated heterocycles. The fourth-order valence-electron chi connectivity index (χ4n) is 1.35. The van der Waals surface area contributed by atoms with Gasteiger partial charge in [-0.05, 0) is 0 Å². The van der Waals surface area contributed by atoms with Crippen LogP contribution < -0.4 is 5.73 Å². The Balaban J connectivity index is 2.77. The second kappa shape index (κ2) is 6.59. The molecule has 0 atom stereocenters. The van der Waals surface area contributed by atoms with Crippen LogP contribution in [0.1, 0.15) is 10.5 Å². The largest absolute Gasteiger partial charge is 0.330 e. The van der Waals surface area contributed by atoms with Crippen LogP contribution in [0.4, 0.5) is 0 Å². The highest BCUT2D eigenvalue weighted by Crippen LogP contribution is 2.01. The van der Waals surface area contributed by atoms with Crippen LogP contribution in [-0.4, -0.2) is 45.4 Å². The fourth-order valence-corrected chi connectivity index (χ4v) is 1.35. The van der Waals surface area contributed by atoms with Crippen molar-refractivity contribution in [3.63, 3.8) is 0 Å². The van der Waals surface area contributed by atoms with Crippen LogP contribution in [0.5, 0.6) is 0 Å². The average molecular weight is 235 g/mol. The lowest BCUT2D eigenvalue weighted by Crippen LogP contribution is -2.31. The lowest BCUT2D eigenvalue weighted by Gasteiger charge is -2.17. The SMILES string of the molecule is C=CCN(CC=C)C(=O)c1cn(CCN)nn1. The van der Waals surface area contributed by atoms with Gasteiger partial charge in [0.15, 0.2) is 5.69 Å². The molecule has 0 aliphatic carbocycles. The molecule has 17 heavy (non-hydrogen) atoms. The molecule has 6 heteroatoms. The van der Waals surface area contributed by atoms with Gasteiger partial charge in [-0.3, -0.25) is 9.48 Å². The molecular formula is C11H17N5O. The van der Waals surface area contributed by atoms with Crippen molar-refractivity contribution in [3.8, 4) is 0 Å². The quantitative estimate of drug-likeness (QED) is 0.677. The summed E-state index contributed by atoms with van der Waals surface area (Å²) in [5, 5.41) is 7.63. The smallest absolute Gasteiger partial charge is 0.276 e. The van der Waals surface area contributed by atoms with E-state index in [9.17, 15) is 4.79 Å². The van der Waals surface area contributed by atoms with Gasteiger partial charge in [0, 0.05) is 19.6 Å². The summed E-state index contributed by atoms with van der Waals surface area (Å²) in [6.45, 7) is 9.12. The molecule has 2 N–H and O–H groups in total. The molecule has 1 rings (SSSR count). The Morgan fingerprint density at radius 3 is 2.65 bits per heavy atom. The summed E-state index contributed by atoms with van der Waals surface area (Å²) in [5.41, 5.74) is 5.70. The zero-order valence-electron chi connectivity index (χ0n) is 9.75. The maximum Gasteiger partial charge on any atom is 0.276 e. The first kappa shape index (κ1) is 13.1. The Labute approximate surface area is 100 Å². The molecule has 0 bridgehead atoms. The van der Waals surface area contributed by atoms with Gasteiger partial charge in [0.2, 0.25) is 0 Å².